The molecule has 18 atom stereocenters. The van der Waals surface area contributed by atoms with Crippen molar-refractivity contribution < 1.29 is 106 Å². The predicted octanol–water partition coefficient (Wildman–Crippen LogP) is -2.76. The van der Waals surface area contributed by atoms with Crippen molar-refractivity contribution in [1.82, 2.24) is 106 Å². The fraction of sp³-hybridized carbons (Fsp3) is 0.614. The average Bonchev–Trinajstić information content (AvgIpc) is 1.67. The van der Waals surface area contributed by atoms with Gasteiger partial charge in [-0.15, -0.1) is 0 Å². The maximum Gasteiger partial charge on any atom is 0.245 e. The first-order valence-corrected chi connectivity index (χ1v) is 50.5. The molecule has 0 aliphatic carbocycles. The molecule has 0 radical (unpaired) electrons. The lowest BCUT2D eigenvalue weighted by atomic mass is 9.97. The highest BCUT2D eigenvalue weighted by atomic mass is 16.3. The highest BCUT2D eigenvalue weighted by Crippen LogP contribution is 2.22. The van der Waals surface area contributed by atoms with Crippen LogP contribution in [0.3, 0.4) is 0 Å². The Labute approximate surface area is 859 Å². The predicted molar refractivity (Wildman–Crippen MR) is 550 cm³/mol. The normalized spacial score (nSPS) is 15.1. The monoisotopic (exact) mass is 2060 g/mol. The SMILES string of the molecule is CC(C)C[C@H](NC(=O)[C@H](C)NC(=O)[C@H](C)NC(=O)[C@H](CC(C)C)NC(=O)[C@@H](NC(=O)CNC(=O)CNC(=O)[C@@H](NC(=O)[C@H](CC(C)C)NC(=O)[C@@H](NC(=O)[C@H](Cc1c[nH]c2ccccc12)NC(=O)[C@@H](NC(=O)[C@H](CO)NC(=O)[C@H](CCCCN)NC(=O)[C@H](CCCCN)NC(=O)[C@@H](N)CCCCN)[C@@H](C)O)C(C)C)C(C)C)C(C)C)C(=O)N[C@@H](C)C(=O)N[C@@H](C)C(=O)N[C@@H](Cc1ccc(O)cc1)C(=O)NCc1ccccc1. The zero-order valence-electron chi connectivity index (χ0n) is 87.7. The molecule has 0 unspecified atom stereocenters. The van der Waals surface area contributed by atoms with Crippen molar-refractivity contribution in [2.24, 2.45) is 58.4 Å². The summed E-state index contributed by atoms with van der Waals surface area (Å²) in [6.07, 6.45) is 2.93. The number of fused-ring (bicyclic) bond motifs is 1. The van der Waals surface area contributed by atoms with Gasteiger partial charge in [0.15, 0.2) is 0 Å². The zero-order valence-corrected chi connectivity index (χ0v) is 87.7. The third-order valence-electron chi connectivity index (χ3n) is 24.1. The lowest BCUT2D eigenvalue weighted by Gasteiger charge is -2.30. The Kier molecular flexibility index (Phi) is 55.4. The van der Waals surface area contributed by atoms with E-state index < -0.39 is 259 Å². The molecule has 1 aromatic heterocycles. The van der Waals surface area contributed by atoms with Gasteiger partial charge in [-0.3, -0.25) is 91.1 Å². The summed E-state index contributed by atoms with van der Waals surface area (Å²) in [5.74, 6) is -18.7. The molecule has 3 aromatic carbocycles. The van der Waals surface area contributed by atoms with Crippen molar-refractivity contribution in [3.8, 4) is 5.75 Å². The molecule has 1 heterocycles. The number of aliphatic hydroxyl groups excluding tert-OH is 2. The molecule has 0 fully saturated rings. The number of nitrogens with two attached hydrogens (primary N) is 4. The van der Waals surface area contributed by atoms with Gasteiger partial charge in [0.05, 0.1) is 31.8 Å². The van der Waals surface area contributed by atoms with E-state index >= 15 is 0 Å². The minimum Gasteiger partial charge on any atom is -0.508 e. The van der Waals surface area contributed by atoms with Gasteiger partial charge in [-0.05, 0) is 195 Å². The summed E-state index contributed by atoms with van der Waals surface area (Å²) >= 11 is 0. The number of hydrogen-bond donors (Lipinski definition) is 27. The summed E-state index contributed by atoms with van der Waals surface area (Å²) < 4.78 is 0. The molecule has 0 spiro atoms. The van der Waals surface area contributed by atoms with Gasteiger partial charge in [0.2, 0.25) is 112 Å². The van der Waals surface area contributed by atoms with Crippen LogP contribution < -0.4 is 124 Å². The van der Waals surface area contributed by atoms with Gasteiger partial charge in [0.1, 0.15) is 102 Å². The van der Waals surface area contributed by atoms with E-state index in [2.05, 4.69) is 106 Å². The zero-order chi connectivity index (χ0) is 110. The number of aromatic nitrogens is 1. The number of nitrogens with one attached hydrogen (secondary N) is 20. The topological polar surface area (TPSA) is 733 Å². The Balaban J connectivity index is 1.38. The number of hydrogen-bond acceptors (Lipinski definition) is 26. The number of amides is 19. The largest absolute Gasteiger partial charge is 0.508 e. The van der Waals surface area contributed by atoms with Gasteiger partial charge >= 0.3 is 0 Å². The molecular weight excluding hydrogens is 1900 g/mol. The van der Waals surface area contributed by atoms with Gasteiger partial charge in [-0.2, -0.15) is 0 Å². The van der Waals surface area contributed by atoms with E-state index in [1.165, 1.54) is 39.8 Å². The smallest absolute Gasteiger partial charge is 0.245 e. The van der Waals surface area contributed by atoms with Crippen LogP contribution >= 0.6 is 0 Å². The van der Waals surface area contributed by atoms with Crippen molar-refractivity contribution in [2.75, 3.05) is 39.3 Å². The van der Waals surface area contributed by atoms with E-state index in [1.807, 2.05) is 30.3 Å². The number of para-hydroxylation sites is 1. The van der Waals surface area contributed by atoms with Crippen LogP contribution in [-0.2, 0) is 110 Å². The minimum atomic E-state index is -1.89. The maximum absolute atomic E-state index is 14.9. The van der Waals surface area contributed by atoms with Crippen LogP contribution in [0.25, 0.3) is 10.9 Å². The highest BCUT2D eigenvalue weighted by Gasteiger charge is 2.41. The summed E-state index contributed by atoms with van der Waals surface area (Å²) in [6, 6.07) is -0.860. The molecule has 46 heteroatoms. The number of phenolic OH excluding ortho intramolecular Hbond substituents is 1. The third kappa shape index (κ3) is 44.9. The van der Waals surface area contributed by atoms with Crippen LogP contribution in [0.5, 0.6) is 5.75 Å². The fourth-order valence-electron chi connectivity index (χ4n) is 15.5. The number of aromatic amines is 1. The van der Waals surface area contributed by atoms with Crippen molar-refractivity contribution >= 4 is 123 Å². The van der Waals surface area contributed by atoms with Crippen molar-refractivity contribution in [3.63, 3.8) is 0 Å². The van der Waals surface area contributed by atoms with Crippen LogP contribution in [0.2, 0.25) is 0 Å². The molecule has 4 aromatic rings. The van der Waals surface area contributed by atoms with Gasteiger partial charge < -0.3 is 144 Å². The van der Waals surface area contributed by atoms with E-state index in [-0.39, 0.29) is 81.5 Å². The van der Waals surface area contributed by atoms with Gasteiger partial charge in [-0.25, -0.2) is 0 Å². The molecular formula is C101H162N24O22. The van der Waals surface area contributed by atoms with Crippen LogP contribution in [0.1, 0.15) is 211 Å². The van der Waals surface area contributed by atoms with Gasteiger partial charge in [0.25, 0.3) is 0 Å². The molecule has 0 aliphatic rings. The Morgan fingerprint density at radius 2 is 0.667 bits per heavy atom. The molecule has 0 saturated heterocycles. The van der Waals surface area contributed by atoms with E-state index in [9.17, 15) is 106 Å². The summed E-state index contributed by atoms with van der Waals surface area (Å²) in [5, 5.41) is 81.4. The van der Waals surface area contributed by atoms with Crippen molar-refractivity contribution in [1.29, 1.82) is 0 Å². The summed E-state index contributed by atoms with van der Waals surface area (Å²) in [5.41, 5.74) is 25.8. The number of aromatic hydroxyl groups is 1. The number of rotatable bonds is 66. The quantitative estimate of drug-likeness (QED) is 0.0199. The Bertz CT molecular complexity index is 4980. The van der Waals surface area contributed by atoms with E-state index in [0.717, 1.165) is 12.5 Å². The summed E-state index contributed by atoms with van der Waals surface area (Å²) in [4.78, 5) is 268. The second kappa shape index (κ2) is 64.6. The summed E-state index contributed by atoms with van der Waals surface area (Å²) in [7, 11) is 0. The first kappa shape index (κ1) is 126. The second-order valence-corrected chi connectivity index (χ2v) is 39.6. The standard InChI is InChI=1S/C101H162N24O22/c1-53(2)43-73(93(139)112-59(13)85(131)111-62(16)88(134)117-76(46-64-36-38-67(128)39-37-64)90(136)108-48-65-29-19-18-20-30-65)116-87(133)61(15)110-86(132)60(14)113-94(140)74(44-54(3)4)118-99(145)82(57(9)10)122-80(130)51-107-79(129)50-109-98(144)81(56(7)8)123-95(141)75(45-55(5)6)119-100(146)83(58(11)12)124-96(142)77(47-66-49-106-70-33-22-21-31-68(66)70)120-101(147)84(63(17)127)125-97(143)78(52-126)121-92(138)72(35-25-28-42-104)115-91(137)71(34-24-27-41-103)114-89(135)69(105)32-23-26-40-102/h18-22,29-31,33,36-39,49,53-63,69,71-78,81-84,106,126-128H,23-28,32,34-35,40-48,50-52,102-105H2,1-17H3,(H,107,129)(H,108,136)(H,109,144)(H,110,132)(H,111,131)(H,112,139)(H,113,140)(H,114,135)(H,115,137)(H,116,133)(H,117,134)(H,118,145)(H,119,146)(H,120,147)(H,121,138)(H,122,130)(H,123,141)(H,124,142)(H,125,143)/t59-,60-,61-,62-,63+,69-,71-,72-,73-,74-,75-,76-,77-,78-,81-,82-,83-,84-/m0/s1. The van der Waals surface area contributed by atoms with Gasteiger partial charge in [-0.1, -0.05) is 150 Å². The number of aliphatic hydroxyl groups is 2. The first-order chi connectivity index (χ1) is 69.3. The Morgan fingerprint density at radius 1 is 0.313 bits per heavy atom. The number of phenols is 1. The summed E-state index contributed by atoms with van der Waals surface area (Å²) in [6.45, 7) is 25.3. The second-order valence-electron chi connectivity index (χ2n) is 39.6. The molecule has 147 heavy (non-hydrogen) atoms. The van der Waals surface area contributed by atoms with E-state index in [1.54, 1.807) is 126 Å². The molecule has 0 saturated carbocycles. The minimum absolute atomic E-state index is 0.000571. The lowest BCUT2D eigenvalue weighted by Crippen LogP contribution is -2.63. The number of carbonyl (C=O) groups excluding carboxylic acids is 19. The molecule has 818 valence electrons. The van der Waals surface area contributed by atoms with Crippen LogP contribution in [-0.4, -0.2) is 281 Å². The fourth-order valence-corrected chi connectivity index (χ4v) is 15.5. The van der Waals surface area contributed by atoms with E-state index in [4.69, 9.17) is 22.9 Å². The average molecular weight is 2060 g/mol. The molecule has 0 bridgehead atoms. The molecule has 19 amide bonds. The van der Waals surface area contributed by atoms with Crippen LogP contribution in [0.15, 0.2) is 85.1 Å². The number of H-pyrrole nitrogens is 1. The molecule has 4 rings (SSSR count). The van der Waals surface area contributed by atoms with E-state index in [0.29, 0.717) is 80.1 Å². The highest BCUT2D eigenvalue weighted by molar-refractivity contribution is 6.02. The van der Waals surface area contributed by atoms with Crippen LogP contribution in [0, 0.1) is 35.5 Å². The Hall–Kier alpha value is -13.3. The Morgan fingerprint density at radius 3 is 1.13 bits per heavy atom. The number of carbonyl (C=O) groups is 19. The third-order valence-corrected chi connectivity index (χ3v) is 24.1. The maximum atomic E-state index is 14.9. The number of benzene rings is 3. The van der Waals surface area contributed by atoms with Crippen molar-refractivity contribution in [2.45, 2.75) is 323 Å². The number of unbranched alkanes of at least 4 members (excludes halogenated alkanes) is 3. The molecule has 31 N–H and O–H groups in total. The lowest BCUT2D eigenvalue weighted by molar-refractivity contribution is -0.138. The van der Waals surface area contributed by atoms with Crippen LogP contribution in [0.4, 0.5) is 0 Å². The first-order valence-electron chi connectivity index (χ1n) is 50.5. The van der Waals surface area contributed by atoms with Gasteiger partial charge in [0, 0.05) is 36.5 Å². The van der Waals surface area contributed by atoms with Crippen molar-refractivity contribution in [3.05, 3.63) is 102 Å². The molecule has 0 aliphatic heterocycles. The molecule has 46 nitrogen and oxygen atoms in total.